The first kappa shape index (κ1) is 14.5. The Morgan fingerprint density at radius 1 is 1.21 bits per heavy atom. The molecule has 1 aliphatic carbocycles. The Kier molecular flexibility index (Phi) is 4.32. The number of benzene rings is 1. The van der Waals surface area contributed by atoms with Gasteiger partial charge in [0.05, 0.1) is 0 Å². The number of rotatable bonds is 5. The van der Waals surface area contributed by atoms with Gasteiger partial charge in [-0.05, 0) is 55.8 Å². The summed E-state index contributed by atoms with van der Waals surface area (Å²) in [6.45, 7) is 11.1. The van der Waals surface area contributed by atoms with E-state index in [1.807, 2.05) is 0 Å². The van der Waals surface area contributed by atoms with E-state index in [2.05, 4.69) is 51.2 Å². The lowest BCUT2D eigenvalue weighted by molar-refractivity contribution is 0.251. The molecule has 0 saturated heterocycles. The zero-order valence-corrected chi connectivity index (χ0v) is 12.8. The minimum absolute atomic E-state index is 0.185. The highest BCUT2D eigenvalue weighted by molar-refractivity contribution is 5.34. The van der Waals surface area contributed by atoms with Gasteiger partial charge in [-0.3, -0.25) is 0 Å². The normalized spacial score (nSPS) is 23.2. The number of hydrogen-bond donors (Lipinski definition) is 2. The van der Waals surface area contributed by atoms with Crippen molar-refractivity contribution in [1.82, 2.24) is 5.32 Å². The highest BCUT2D eigenvalue weighted by atomic mass is 14.9. The van der Waals surface area contributed by atoms with E-state index in [1.165, 1.54) is 29.5 Å². The molecule has 0 heterocycles. The van der Waals surface area contributed by atoms with Crippen LogP contribution in [-0.2, 0) is 5.41 Å². The minimum Gasteiger partial charge on any atom is -0.328 e. The van der Waals surface area contributed by atoms with Gasteiger partial charge in [-0.25, -0.2) is 0 Å². The second kappa shape index (κ2) is 5.64. The number of nitrogens with one attached hydrogen (secondary N) is 1. The van der Waals surface area contributed by atoms with Crippen LogP contribution in [0.3, 0.4) is 0 Å². The van der Waals surface area contributed by atoms with Crippen LogP contribution in [0.1, 0.15) is 43.4 Å². The Bertz CT molecular complexity index is 431. The monoisotopic (exact) mass is 260 g/mol. The van der Waals surface area contributed by atoms with Gasteiger partial charge in [0.25, 0.3) is 0 Å². The van der Waals surface area contributed by atoms with Gasteiger partial charge in [0.2, 0.25) is 0 Å². The topological polar surface area (TPSA) is 38.0 Å². The van der Waals surface area contributed by atoms with Gasteiger partial charge >= 0.3 is 0 Å². The minimum atomic E-state index is 0.185. The quantitative estimate of drug-likeness (QED) is 0.854. The van der Waals surface area contributed by atoms with E-state index in [1.54, 1.807) is 0 Å². The molecule has 2 nitrogen and oxygen atoms in total. The van der Waals surface area contributed by atoms with Crippen LogP contribution < -0.4 is 11.1 Å². The maximum absolute atomic E-state index is 5.82. The molecule has 106 valence electrons. The number of aryl methyl sites for hydroxylation is 2. The van der Waals surface area contributed by atoms with Crippen LogP contribution in [0.2, 0.25) is 0 Å². The fourth-order valence-electron chi connectivity index (χ4n) is 2.81. The summed E-state index contributed by atoms with van der Waals surface area (Å²) in [7, 11) is 0. The van der Waals surface area contributed by atoms with Crippen LogP contribution in [0.4, 0.5) is 0 Å². The Hall–Kier alpha value is -0.860. The average molecular weight is 260 g/mol. The van der Waals surface area contributed by atoms with Crippen LogP contribution in [0.25, 0.3) is 0 Å². The predicted molar refractivity (Wildman–Crippen MR) is 82.5 cm³/mol. The predicted octanol–water partition coefficient (Wildman–Crippen LogP) is 2.91. The molecule has 0 unspecified atom stereocenters. The molecular formula is C17H28N2. The van der Waals surface area contributed by atoms with Gasteiger partial charge in [-0.15, -0.1) is 0 Å². The van der Waals surface area contributed by atoms with Crippen LogP contribution in [-0.4, -0.2) is 19.1 Å². The highest BCUT2D eigenvalue weighted by Crippen LogP contribution is 2.26. The Morgan fingerprint density at radius 2 is 1.89 bits per heavy atom. The first-order chi connectivity index (χ1) is 8.88. The molecule has 0 radical (unpaired) electrons. The summed E-state index contributed by atoms with van der Waals surface area (Å²) >= 11 is 0. The molecule has 3 N–H and O–H groups in total. The second-order valence-electron chi connectivity index (χ2n) is 6.91. The van der Waals surface area contributed by atoms with E-state index in [9.17, 15) is 0 Å². The zero-order valence-electron chi connectivity index (χ0n) is 12.8. The van der Waals surface area contributed by atoms with Crippen molar-refractivity contribution >= 4 is 0 Å². The third-order valence-corrected chi connectivity index (χ3v) is 4.56. The van der Waals surface area contributed by atoms with Gasteiger partial charge in [0.1, 0.15) is 0 Å². The van der Waals surface area contributed by atoms with E-state index in [0.717, 1.165) is 19.0 Å². The largest absolute Gasteiger partial charge is 0.328 e. The summed E-state index contributed by atoms with van der Waals surface area (Å²) < 4.78 is 0. The van der Waals surface area contributed by atoms with Crippen molar-refractivity contribution in [3.63, 3.8) is 0 Å². The summed E-state index contributed by atoms with van der Waals surface area (Å²) in [5.74, 6) is 0.797. The average Bonchev–Trinajstić information content (AvgIpc) is 2.30. The van der Waals surface area contributed by atoms with Gasteiger partial charge < -0.3 is 11.1 Å². The van der Waals surface area contributed by atoms with Gasteiger partial charge in [0.15, 0.2) is 0 Å². The third-order valence-electron chi connectivity index (χ3n) is 4.56. The fraction of sp³-hybridized carbons (Fsp3) is 0.647. The number of nitrogens with two attached hydrogens (primary N) is 1. The Labute approximate surface area is 117 Å². The van der Waals surface area contributed by atoms with E-state index in [-0.39, 0.29) is 5.41 Å². The summed E-state index contributed by atoms with van der Waals surface area (Å²) in [6.07, 6.45) is 2.38. The molecule has 2 heteroatoms. The molecule has 1 fully saturated rings. The van der Waals surface area contributed by atoms with Crippen molar-refractivity contribution in [1.29, 1.82) is 0 Å². The molecule has 0 bridgehead atoms. The van der Waals surface area contributed by atoms with Crippen LogP contribution in [0, 0.1) is 19.8 Å². The van der Waals surface area contributed by atoms with Gasteiger partial charge in [-0.2, -0.15) is 0 Å². The zero-order chi connectivity index (χ0) is 14.0. The lowest BCUT2D eigenvalue weighted by atomic mass is 9.80. The lowest BCUT2D eigenvalue weighted by Crippen LogP contribution is -2.43. The maximum atomic E-state index is 5.82. The first-order valence-corrected chi connectivity index (χ1v) is 7.42. The summed E-state index contributed by atoms with van der Waals surface area (Å²) in [4.78, 5) is 0. The SMILES string of the molecule is Cc1ccc(C(C)(C)CNCC2CC(N)C2)cc1C. The van der Waals surface area contributed by atoms with Crippen molar-refractivity contribution in [2.75, 3.05) is 13.1 Å². The summed E-state index contributed by atoms with van der Waals surface area (Å²) in [5, 5.41) is 3.63. The van der Waals surface area contributed by atoms with Crippen molar-refractivity contribution in [3.05, 3.63) is 34.9 Å². The molecule has 0 amide bonds. The van der Waals surface area contributed by atoms with E-state index in [4.69, 9.17) is 5.73 Å². The van der Waals surface area contributed by atoms with Crippen molar-refractivity contribution < 1.29 is 0 Å². The van der Waals surface area contributed by atoms with Crippen molar-refractivity contribution in [2.45, 2.75) is 52.0 Å². The van der Waals surface area contributed by atoms with Crippen LogP contribution >= 0.6 is 0 Å². The standard InChI is InChI=1S/C17H28N2/c1-12-5-6-15(7-13(12)2)17(3,4)11-19-10-14-8-16(18)9-14/h5-7,14,16,19H,8-11,18H2,1-4H3. The molecule has 1 aromatic carbocycles. The molecule has 0 atom stereocenters. The van der Waals surface area contributed by atoms with Crippen molar-refractivity contribution in [2.24, 2.45) is 11.7 Å². The first-order valence-electron chi connectivity index (χ1n) is 7.42. The lowest BCUT2D eigenvalue weighted by Gasteiger charge is -2.34. The summed E-state index contributed by atoms with van der Waals surface area (Å²) in [6, 6.07) is 7.29. The van der Waals surface area contributed by atoms with Crippen molar-refractivity contribution in [3.8, 4) is 0 Å². The van der Waals surface area contributed by atoms with E-state index >= 15 is 0 Å². The molecule has 1 aliphatic rings. The number of hydrogen-bond acceptors (Lipinski definition) is 2. The van der Waals surface area contributed by atoms with Gasteiger partial charge in [-0.1, -0.05) is 32.0 Å². The molecule has 19 heavy (non-hydrogen) atoms. The molecular weight excluding hydrogens is 232 g/mol. The molecule has 2 rings (SSSR count). The maximum Gasteiger partial charge on any atom is 0.00450 e. The summed E-state index contributed by atoms with van der Waals surface area (Å²) in [5.41, 5.74) is 10.2. The molecule has 1 saturated carbocycles. The van der Waals surface area contributed by atoms with Gasteiger partial charge in [0, 0.05) is 18.0 Å². The van der Waals surface area contributed by atoms with E-state index in [0.29, 0.717) is 6.04 Å². The molecule has 0 aromatic heterocycles. The molecule has 0 spiro atoms. The smallest absolute Gasteiger partial charge is 0.00450 e. The molecule has 0 aliphatic heterocycles. The Balaban J connectivity index is 1.88. The second-order valence-corrected chi connectivity index (χ2v) is 6.91. The highest BCUT2D eigenvalue weighted by Gasteiger charge is 2.26. The Morgan fingerprint density at radius 3 is 2.47 bits per heavy atom. The van der Waals surface area contributed by atoms with E-state index < -0.39 is 0 Å². The molecule has 1 aromatic rings. The van der Waals surface area contributed by atoms with Crippen LogP contribution in [0.15, 0.2) is 18.2 Å². The van der Waals surface area contributed by atoms with Crippen LogP contribution in [0.5, 0.6) is 0 Å². The third kappa shape index (κ3) is 3.58. The fourth-order valence-corrected chi connectivity index (χ4v) is 2.81.